The van der Waals surface area contributed by atoms with E-state index in [4.69, 9.17) is 12.2 Å². The van der Waals surface area contributed by atoms with Gasteiger partial charge in [-0.05, 0) is 58.8 Å². The van der Waals surface area contributed by atoms with Gasteiger partial charge < -0.3 is 10.4 Å². The normalized spacial score (nSPS) is 10.4. The molecule has 0 fully saturated rings. The van der Waals surface area contributed by atoms with Crippen molar-refractivity contribution in [2.45, 2.75) is 6.92 Å². The molecule has 6 heteroatoms. The maximum atomic E-state index is 9.29. The van der Waals surface area contributed by atoms with Crippen molar-refractivity contribution in [2.24, 2.45) is 5.10 Å². The Kier molecular flexibility index (Phi) is 5.21. The van der Waals surface area contributed by atoms with Crippen LogP contribution in [0, 0.1) is 0 Å². The van der Waals surface area contributed by atoms with Crippen molar-refractivity contribution in [1.82, 2.24) is 10.7 Å². The number of phenolic OH excluding ortho intramolecular Hbond substituents is 1. The zero-order chi connectivity index (χ0) is 12.0. The number of aromatic hydroxyl groups is 1. The molecule has 3 N–H and O–H groups in total. The van der Waals surface area contributed by atoms with Gasteiger partial charge in [0, 0.05) is 6.54 Å². The molecule has 0 bridgehead atoms. The zero-order valence-corrected chi connectivity index (χ0v) is 11.1. The average molecular weight is 302 g/mol. The van der Waals surface area contributed by atoms with Gasteiger partial charge in [0.25, 0.3) is 0 Å². The Morgan fingerprint density at radius 3 is 3.00 bits per heavy atom. The van der Waals surface area contributed by atoms with E-state index in [1.165, 1.54) is 0 Å². The van der Waals surface area contributed by atoms with Gasteiger partial charge in [-0.2, -0.15) is 5.10 Å². The lowest BCUT2D eigenvalue weighted by molar-refractivity contribution is 0.472. The summed E-state index contributed by atoms with van der Waals surface area (Å²) in [7, 11) is 0. The summed E-state index contributed by atoms with van der Waals surface area (Å²) in [5.74, 6) is 0.202. The molecule has 0 aliphatic rings. The van der Waals surface area contributed by atoms with E-state index in [9.17, 15) is 5.11 Å². The molecule has 0 unspecified atom stereocenters. The topological polar surface area (TPSA) is 56.7 Å². The van der Waals surface area contributed by atoms with Crippen molar-refractivity contribution in [3.63, 3.8) is 0 Å². The minimum atomic E-state index is 0.202. The van der Waals surface area contributed by atoms with Crippen LogP contribution in [0.15, 0.2) is 27.8 Å². The monoisotopic (exact) mass is 301 g/mol. The summed E-state index contributed by atoms with van der Waals surface area (Å²) in [4.78, 5) is 0. The first kappa shape index (κ1) is 12.9. The molecule has 0 amide bonds. The van der Waals surface area contributed by atoms with Crippen LogP contribution in [0.4, 0.5) is 0 Å². The lowest BCUT2D eigenvalue weighted by atomic mass is 10.2. The van der Waals surface area contributed by atoms with Gasteiger partial charge in [-0.1, -0.05) is 0 Å². The van der Waals surface area contributed by atoms with Gasteiger partial charge in [0.1, 0.15) is 5.75 Å². The maximum absolute atomic E-state index is 9.29. The molecule has 0 aliphatic carbocycles. The quantitative estimate of drug-likeness (QED) is 0.454. The molecule has 86 valence electrons. The number of halogens is 1. The van der Waals surface area contributed by atoms with E-state index < -0.39 is 0 Å². The molecule has 0 radical (unpaired) electrons. The first-order valence-corrected chi connectivity index (χ1v) is 5.89. The van der Waals surface area contributed by atoms with E-state index in [0.29, 0.717) is 9.59 Å². The summed E-state index contributed by atoms with van der Waals surface area (Å²) >= 11 is 8.15. The standard InChI is InChI=1S/C10H12BrN3OS/c1-2-12-10(16)14-13-6-7-3-4-9(15)8(11)5-7/h3-6,15H,2H2,1H3,(H2,12,14,16)/b13-6-. The number of hydrogen-bond donors (Lipinski definition) is 3. The van der Waals surface area contributed by atoms with Gasteiger partial charge in [-0.15, -0.1) is 0 Å². The third kappa shape index (κ3) is 4.16. The first-order chi connectivity index (χ1) is 7.63. The van der Waals surface area contributed by atoms with Crippen LogP contribution < -0.4 is 10.7 Å². The molecular formula is C10H12BrN3OS. The zero-order valence-electron chi connectivity index (χ0n) is 8.70. The van der Waals surface area contributed by atoms with Crippen LogP contribution in [0.5, 0.6) is 5.75 Å². The number of thiocarbonyl (C=S) groups is 1. The molecule has 0 saturated carbocycles. The smallest absolute Gasteiger partial charge is 0.186 e. The Morgan fingerprint density at radius 1 is 1.62 bits per heavy atom. The number of nitrogens with one attached hydrogen (secondary N) is 2. The summed E-state index contributed by atoms with van der Waals surface area (Å²) in [6.07, 6.45) is 1.62. The lowest BCUT2D eigenvalue weighted by Gasteiger charge is -2.02. The molecule has 0 spiro atoms. The first-order valence-electron chi connectivity index (χ1n) is 4.69. The molecule has 0 saturated heterocycles. The van der Waals surface area contributed by atoms with E-state index in [2.05, 4.69) is 31.8 Å². The molecule has 0 aliphatic heterocycles. The van der Waals surface area contributed by atoms with E-state index in [1.807, 2.05) is 6.92 Å². The lowest BCUT2D eigenvalue weighted by Crippen LogP contribution is -2.31. The van der Waals surface area contributed by atoms with E-state index >= 15 is 0 Å². The highest BCUT2D eigenvalue weighted by molar-refractivity contribution is 9.10. The van der Waals surface area contributed by atoms with Crippen molar-refractivity contribution >= 4 is 39.5 Å². The fourth-order valence-corrected chi connectivity index (χ4v) is 1.56. The van der Waals surface area contributed by atoms with E-state index in [0.717, 1.165) is 12.1 Å². The average Bonchev–Trinajstić information content (AvgIpc) is 2.24. The van der Waals surface area contributed by atoms with Crippen LogP contribution in [-0.2, 0) is 0 Å². The number of benzene rings is 1. The Labute approximate surface area is 108 Å². The van der Waals surface area contributed by atoms with E-state index in [-0.39, 0.29) is 5.75 Å². The summed E-state index contributed by atoms with van der Waals surface area (Å²) in [6, 6.07) is 5.10. The second-order valence-electron chi connectivity index (χ2n) is 2.94. The molecule has 0 atom stereocenters. The predicted molar refractivity (Wildman–Crippen MR) is 72.8 cm³/mol. The maximum Gasteiger partial charge on any atom is 0.186 e. The van der Waals surface area contributed by atoms with Crippen LogP contribution in [0.2, 0.25) is 0 Å². The number of hydrogen-bond acceptors (Lipinski definition) is 3. The second kappa shape index (κ2) is 6.44. The third-order valence-electron chi connectivity index (χ3n) is 1.69. The summed E-state index contributed by atoms with van der Waals surface area (Å²) in [5, 5.41) is 16.6. The van der Waals surface area contributed by atoms with Gasteiger partial charge in [0.2, 0.25) is 0 Å². The molecular weight excluding hydrogens is 290 g/mol. The van der Waals surface area contributed by atoms with Crippen molar-refractivity contribution in [3.8, 4) is 5.75 Å². The number of phenols is 1. The van der Waals surface area contributed by atoms with Gasteiger partial charge in [0.15, 0.2) is 5.11 Å². The predicted octanol–water partition coefficient (Wildman–Crippen LogP) is 1.97. The van der Waals surface area contributed by atoms with Crippen molar-refractivity contribution < 1.29 is 5.11 Å². The van der Waals surface area contributed by atoms with Crippen LogP contribution >= 0.6 is 28.1 Å². The Morgan fingerprint density at radius 2 is 2.38 bits per heavy atom. The molecule has 1 aromatic carbocycles. The second-order valence-corrected chi connectivity index (χ2v) is 4.20. The minimum absolute atomic E-state index is 0.202. The molecule has 0 aromatic heterocycles. The van der Waals surface area contributed by atoms with E-state index in [1.54, 1.807) is 24.4 Å². The van der Waals surface area contributed by atoms with Crippen molar-refractivity contribution in [1.29, 1.82) is 0 Å². The summed E-state index contributed by atoms with van der Waals surface area (Å²) in [6.45, 7) is 2.71. The van der Waals surface area contributed by atoms with Crippen LogP contribution in [0.25, 0.3) is 0 Å². The number of rotatable bonds is 3. The van der Waals surface area contributed by atoms with Gasteiger partial charge in [-0.25, -0.2) is 0 Å². The summed E-state index contributed by atoms with van der Waals surface area (Å²) < 4.78 is 0.630. The third-order valence-corrected chi connectivity index (χ3v) is 2.56. The van der Waals surface area contributed by atoms with Crippen LogP contribution in [0.1, 0.15) is 12.5 Å². The van der Waals surface area contributed by atoms with Crippen molar-refractivity contribution in [2.75, 3.05) is 6.54 Å². The van der Waals surface area contributed by atoms with Crippen molar-refractivity contribution in [3.05, 3.63) is 28.2 Å². The highest BCUT2D eigenvalue weighted by Crippen LogP contribution is 2.23. The summed E-state index contributed by atoms with van der Waals surface area (Å²) in [5.41, 5.74) is 3.54. The largest absolute Gasteiger partial charge is 0.507 e. The highest BCUT2D eigenvalue weighted by Gasteiger charge is 1.97. The minimum Gasteiger partial charge on any atom is -0.507 e. The van der Waals surface area contributed by atoms with Crippen LogP contribution in [-0.4, -0.2) is 23.0 Å². The van der Waals surface area contributed by atoms with Gasteiger partial charge >= 0.3 is 0 Å². The molecule has 4 nitrogen and oxygen atoms in total. The Balaban J connectivity index is 2.56. The number of nitrogens with zero attached hydrogens (tertiary/aromatic N) is 1. The Bertz CT molecular complexity index is 409. The number of hydrazone groups is 1. The SMILES string of the molecule is CCNC(=S)N/N=C\c1ccc(O)c(Br)c1. The highest BCUT2D eigenvalue weighted by atomic mass is 79.9. The fourth-order valence-electron chi connectivity index (χ4n) is 0.969. The Hall–Kier alpha value is -1.14. The molecule has 0 heterocycles. The molecule has 1 rings (SSSR count). The van der Waals surface area contributed by atoms with Gasteiger partial charge in [0.05, 0.1) is 10.7 Å². The van der Waals surface area contributed by atoms with Crippen LogP contribution in [0.3, 0.4) is 0 Å². The van der Waals surface area contributed by atoms with Gasteiger partial charge in [-0.3, -0.25) is 5.43 Å². The molecule has 1 aromatic rings. The fraction of sp³-hybridized carbons (Fsp3) is 0.200. The molecule has 16 heavy (non-hydrogen) atoms.